The standard InChI is InChI=1S/C19H24N2O2/c1-2-12-11-21-8-6-13(12)9-18(21)19(23)15-5-7-20-17-4-3-14(22)10-16(15)17/h3-5,7,10,12-13,18-19,22-23H,2,6,8-9,11H2,1H3/t12-,13-,18?,19+/m0/s1. The van der Waals surface area contributed by atoms with E-state index in [9.17, 15) is 10.2 Å². The van der Waals surface area contributed by atoms with Gasteiger partial charge in [0.15, 0.2) is 0 Å². The Kier molecular flexibility index (Phi) is 3.74. The van der Waals surface area contributed by atoms with Crippen LogP contribution in [0.25, 0.3) is 10.9 Å². The van der Waals surface area contributed by atoms with Gasteiger partial charge in [0.25, 0.3) is 0 Å². The minimum atomic E-state index is -0.525. The number of piperidine rings is 3. The molecule has 4 heterocycles. The van der Waals surface area contributed by atoms with E-state index in [2.05, 4.69) is 16.8 Å². The number of benzene rings is 1. The molecule has 4 nitrogen and oxygen atoms in total. The number of aromatic hydroxyl groups is 1. The molecule has 0 radical (unpaired) electrons. The number of aliphatic hydroxyl groups excluding tert-OH is 1. The molecular formula is C19H24N2O2. The fourth-order valence-corrected chi connectivity index (χ4v) is 4.59. The van der Waals surface area contributed by atoms with Gasteiger partial charge in [0.05, 0.1) is 11.6 Å². The minimum absolute atomic E-state index is 0.185. The molecule has 5 rings (SSSR count). The zero-order chi connectivity index (χ0) is 16.0. The number of phenolic OH excluding ortho intramolecular Hbond substituents is 1. The van der Waals surface area contributed by atoms with Gasteiger partial charge in [-0.1, -0.05) is 13.3 Å². The van der Waals surface area contributed by atoms with Crippen LogP contribution in [0.4, 0.5) is 0 Å². The summed E-state index contributed by atoms with van der Waals surface area (Å²) in [5.74, 6) is 1.74. The van der Waals surface area contributed by atoms with Crippen molar-refractivity contribution >= 4 is 10.9 Å². The monoisotopic (exact) mass is 312 g/mol. The van der Waals surface area contributed by atoms with Crippen molar-refractivity contribution in [2.24, 2.45) is 11.8 Å². The fraction of sp³-hybridized carbons (Fsp3) is 0.526. The van der Waals surface area contributed by atoms with Crippen LogP contribution in [0.2, 0.25) is 0 Å². The zero-order valence-corrected chi connectivity index (χ0v) is 13.5. The van der Waals surface area contributed by atoms with Crippen molar-refractivity contribution in [1.29, 1.82) is 0 Å². The van der Waals surface area contributed by atoms with E-state index in [4.69, 9.17) is 0 Å². The third-order valence-corrected chi connectivity index (χ3v) is 5.90. The first-order valence-corrected chi connectivity index (χ1v) is 8.67. The largest absolute Gasteiger partial charge is 0.508 e. The van der Waals surface area contributed by atoms with Gasteiger partial charge in [0.1, 0.15) is 5.75 Å². The number of aromatic nitrogens is 1. The van der Waals surface area contributed by atoms with Crippen LogP contribution < -0.4 is 0 Å². The Hall–Kier alpha value is -1.65. The van der Waals surface area contributed by atoms with Crippen LogP contribution in [0.5, 0.6) is 5.75 Å². The summed E-state index contributed by atoms with van der Waals surface area (Å²) in [5, 5.41) is 21.7. The van der Waals surface area contributed by atoms with E-state index in [-0.39, 0.29) is 11.8 Å². The molecule has 0 amide bonds. The summed E-state index contributed by atoms with van der Waals surface area (Å²) >= 11 is 0. The summed E-state index contributed by atoms with van der Waals surface area (Å²) in [6, 6.07) is 7.24. The molecule has 122 valence electrons. The second kappa shape index (κ2) is 5.77. The van der Waals surface area contributed by atoms with Crippen LogP contribution >= 0.6 is 0 Å². The van der Waals surface area contributed by atoms with Gasteiger partial charge in [0, 0.05) is 24.2 Å². The summed E-state index contributed by atoms with van der Waals surface area (Å²) in [7, 11) is 0. The van der Waals surface area contributed by atoms with Crippen LogP contribution in [-0.4, -0.2) is 39.2 Å². The lowest BCUT2D eigenvalue weighted by Crippen LogP contribution is -2.55. The summed E-state index contributed by atoms with van der Waals surface area (Å²) in [4.78, 5) is 6.81. The number of hydrogen-bond acceptors (Lipinski definition) is 4. The maximum absolute atomic E-state index is 11.1. The SMILES string of the molecule is CC[C@H]1CN2CC[C@H]1CC2[C@H](O)c1ccnc2ccc(O)cc12. The van der Waals surface area contributed by atoms with Crippen molar-refractivity contribution in [3.63, 3.8) is 0 Å². The van der Waals surface area contributed by atoms with Crippen LogP contribution in [-0.2, 0) is 0 Å². The molecule has 1 aromatic heterocycles. The van der Waals surface area contributed by atoms with Crippen molar-refractivity contribution in [2.75, 3.05) is 13.1 Å². The number of hydrogen-bond donors (Lipinski definition) is 2. The highest BCUT2D eigenvalue weighted by Gasteiger charge is 2.42. The fourth-order valence-electron chi connectivity index (χ4n) is 4.59. The van der Waals surface area contributed by atoms with Crippen molar-refractivity contribution in [3.8, 4) is 5.75 Å². The average molecular weight is 312 g/mol. The van der Waals surface area contributed by atoms with E-state index in [1.54, 1.807) is 24.4 Å². The topological polar surface area (TPSA) is 56.6 Å². The predicted molar refractivity (Wildman–Crippen MR) is 90.2 cm³/mol. The van der Waals surface area contributed by atoms with Gasteiger partial charge in [-0.25, -0.2) is 0 Å². The molecule has 0 saturated carbocycles. The van der Waals surface area contributed by atoms with Gasteiger partial charge in [0.2, 0.25) is 0 Å². The second-order valence-corrected chi connectivity index (χ2v) is 7.06. The van der Waals surface area contributed by atoms with E-state index >= 15 is 0 Å². The maximum Gasteiger partial charge on any atom is 0.116 e. The Bertz CT molecular complexity index is 718. The zero-order valence-electron chi connectivity index (χ0n) is 13.5. The third kappa shape index (κ3) is 2.50. The van der Waals surface area contributed by atoms with Gasteiger partial charge < -0.3 is 10.2 Å². The highest BCUT2D eigenvalue weighted by molar-refractivity contribution is 5.83. The van der Waals surface area contributed by atoms with E-state index in [0.717, 1.165) is 47.8 Å². The molecule has 2 N–H and O–H groups in total. The Labute approximate surface area is 136 Å². The van der Waals surface area contributed by atoms with E-state index < -0.39 is 6.10 Å². The average Bonchev–Trinajstić information content (AvgIpc) is 2.60. The second-order valence-electron chi connectivity index (χ2n) is 7.06. The number of fused-ring (bicyclic) bond motifs is 4. The normalized spacial score (nSPS) is 31.4. The molecule has 3 saturated heterocycles. The lowest BCUT2D eigenvalue weighted by atomic mass is 9.72. The van der Waals surface area contributed by atoms with Gasteiger partial charge in [-0.15, -0.1) is 0 Å². The predicted octanol–water partition coefficient (Wildman–Crippen LogP) is 3.09. The molecule has 0 aliphatic carbocycles. The summed E-state index contributed by atoms with van der Waals surface area (Å²) in [5.41, 5.74) is 1.71. The molecule has 5 atom stereocenters. The lowest BCUT2D eigenvalue weighted by Gasteiger charge is -2.51. The van der Waals surface area contributed by atoms with Crippen LogP contribution in [0.15, 0.2) is 30.5 Å². The van der Waals surface area contributed by atoms with Gasteiger partial charge >= 0.3 is 0 Å². The van der Waals surface area contributed by atoms with E-state index in [1.165, 1.54) is 12.8 Å². The summed E-state index contributed by atoms with van der Waals surface area (Å²) in [6.07, 6.45) is 4.80. The molecule has 3 fully saturated rings. The van der Waals surface area contributed by atoms with Crippen LogP contribution in [0.1, 0.15) is 37.9 Å². The molecule has 2 aromatic rings. The molecule has 0 spiro atoms. The number of nitrogens with zero attached hydrogens (tertiary/aromatic N) is 2. The molecular weight excluding hydrogens is 288 g/mol. The van der Waals surface area contributed by atoms with Crippen LogP contribution in [0, 0.1) is 11.8 Å². The molecule has 23 heavy (non-hydrogen) atoms. The molecule has 1 aromatic carbocycles. The Morgan fingerprint density at radius 3 is 2.96 bits per heavy atom. The van der Waals surface area contributed by atoms with Crippen molar-refractivity contribution < 1.29 is 10.2 Å². The van der Waals surface area contributed by atoms with E-state index in [0.29, 0.717) is 0 Å². The summed E-state index contributed by atoms with van der Waals surface area (Å²) in [6.45, 7) is 4.48. The highest BCUT2D eigenvalue weighted by atomic mass is 16.3. The smallest absolute Gasteiger partial charge is 0.116 e. The quantitative estimate of drug-likeness (QED) is 0.914. The molecule has 4 heteroatoms. The van der Waals surface area contributed by atoms with Crippen molar-refractivity contribution in [2.45, 2.75) is 38.3 Å². The Balaban J connectivity index is 1.68. The number of pyridine rings is 1. The number of phenols is 1. The Morgan fingerprint density at radius 2 is 2.22 bits per heavy atom. The third-order valence-electron chi connectivity index (χ3n) is 5.90. The first-order valence-electron chi connectivity index (χ1n) is 8.67. The molecule has 3 aliphatic heterocycles. The number of aliphatic hydroxyl groups is 1. The van der Waals surface area contributed by atoms with E-state index in [1.807, 2.05) is 6.07 Å². The minimum Gasteiger partial charge on any atom is -0.508 e. The molecule has 2 unspecified atom stereocenters. The maximum atomic E-state index is 11.1. The van der Waals surface area contributed by atoms with Gasteiger partial charge in [-0.2, -0.15) is 0 Å². The Morgan fingerprint density at radius 1 is 1.35 bits per heavy atom. The van der Waals surface area contributed by atoms with Crippen molar-refractivity contribution in [1.82, 2.24) is 9.88 Å². The summed E-state index contributed by atoms with van der Waals surface area (Å²) < 4.78 is 0. The van der Waals surface area contributed by atoms with Gasteiger partial charge in [-0.05, 0) is 61.1 Å². The van der Waals surface area contributed by atoms with Crippen molar-refractivity contribution in [3.05, 3.63) is 36.0 Å². The molecule has 3 aliphatic rings. The molecule has 2 bridgehead atoms. The first kappa shape index (κ1) is 14.9. The number of rotatable bonds is 3. The van der Waals surface area contributed by atoms with Gasteiger partial charge in [-0.3, -0.25) is 9.88 Å². The lowest BCUT2D eigenvalue weighted by molar-refractivity contribution is -0.0562. The highest BCUT2D eigenvalue weighted by Crippen LogP contribution is 2.42. The first-order chi connectivity index (χ1) is 11.2. The van der Waals surface area contributed by atoms with Crippen LogP contribution in [0.3, 0.4) is 0 Å².